The van der Waals surface area contributed by atoms with Gasteiger partial charge in [-0.15, -0.1) is 0 Å². The summed E-state index contributed by atoms with van der Waals surface area (Å²) in [5, 5.41) is 6.59. The Balaban J connectivity index is 2.36. The molecule has 0 aromatic rings. The fraction of sp³-hybridized carbons (Fsp3) is 0.941. The molecule has 1 aliphatic carbocycles. The third-order valence-corrected chi connectivity index (χ3v) is 4.06. The number of alkyl carbamates (subject to hydrolysis) is 1. The summed E-state index contributed by atoms with van der Waals surface area (Å²) in [5.74, 6) is 0. The molecule has 124 valence electrons. The first-order valence-electron chi connectivity index (χ1n) is 8.34. The molecule has 0 aromatic carbocycles. The fourth-order valence-electron chi connectivity index (χ4n) is 3.02. The van der Waals surface area contributed by atoms with Crippen LogP contribution in [0, 0.1) is 5.41 Å². The van der Waals surface area contributed by atoms with E-state index in [2.05, 4.69) is 31.4 Å². The van der Waals surface area contributed by atoms with E-state index in [1.165, 1.54) is 25.7 Å². The topological polar surface area (TPSA) is 50.4 Å². The summed E-state index contributed by atoms with van der Waals surface area (Å²) in [6.45, 7) is 13.1. The number of nitrogens with one attached hydrogen (secondary N) is 2. The standard InChI is InChI=1S/C17H34N2O2/c1-7-13(12-18-15(20)21-16(2,3)4)19-14-9-8-10-17(5,6)11-14/h13-14,19H,7-12H2,1-6H3,(H,18,20). The van der Waals surface area contributed by atoms with E-state index >= 15 is 0 Å². The minimum atomic E-state index is -0.438. The minimum Gasteiger partial charge on any atom is -0.444 e. The number of amides is 1. The Labute approximate surface area is 130 Å². The normalized spacial score (nSPS) is 23.4. The molecule has 2 unspecified atom stereocenters. The lowest BCUT2D eigenvalue weighted by Gasteiger charge is -2.37. The first-order valence-corrected chi connectivity index (χ1v) is 8.34. The predicted octanol–water partition coefficient (Wildman–Crippen LogP) is 3.85. The highest BCUT2D eigenvalue weighted by atomic mass is 16.6. The zero-order chi connectivity index (χ0) is 16.1. The third kappa shape index (κ3) is 7.70. The predicted molar refractivity (Wildman–Crippen MR) is 87.5 cm³/mol. The Morgan fingerprint density at radius 3 is 2.57 bits per heavy atom. The van der Waals surface area contributed by atoms with Gasteiger partial charge in [0.25, 0.3) is 0 Å². The van der Waals surface area contributed by atoms with Crippen molar-refractivity contribution in [1.82, 2.24) is 10.6 Å². The fourth-order valence-corrected chi connectivity index (χ4v) is 3.02. The average Bonchev–Trinajstić information content (AvgIpc) is 2.31. The van der Waals surface area contributed by atoms with Gasteiger partial charge < -0.3 is 15.4 Å². The Bertz CT molecular complexity index is 334. The van der Waals surface area contributed by atoms with Gasteiger partial charge in [0.1, 0.15) is 5.60 Å². The molecule has 2 atom stereocenters. The van der Waals surface area contributed by atoms with Crippen molar-refractivity contribution in [2.75, 3.05) is 6.54 Å². The molecule has 0 bridgehead atoms. The van der Waals surface area contributed by atoms with Gasteiger partial charge in [-0.05, 0) is 51.9 Å². The van der Waals surface area contributed by atoms with Gasteiger partial charge in [-0.3, -0.25) is 0 Å². The summed E-state index contributed by atoms with van der Waals surface area (Å²) < 4.78 is 5.28. The molecule has 0 aromatic heterocycles. The van der Waals surface area contributed by atoms with E-state index in [9.17, 15) is 4.79 Å². The summed E-state index contributed by atoms with van der Waals surface area (Å²) in [4.78, 5) is 11.7. The van der Waals surface area contributed by atoms with Crippen molar-refractivity contribution in [2.45, 2.75) is 91.3 Å². The Morgan fingerprint density at radius 2 is 2.05 bits per heavy atom. The molecule has 0 saturated heterocycles. The number of rotatable bonds is 5. The van der Waals surface area contributed by atoms with Gasteiger partial charge in [0.2, 0.25) is 0 Å². The van der Waals surface area contributed by atoms with Crippen LogP contribution < -0.4 is 10.6 Å². The van der Waals surface area contributed by atoms with E-state index in [1.807, 2.05) is 20.8 Å². The highest BCUT2D eigenvalue weighted by molar-refractivity contribution is 5.67. The first-order chi connectivity index (χ1) is 9.61. The first kappa shape index (κ1) is 18.3. The molecular formula is C17H34N2O2. The van der Waals surface area contributed by atoms with Crippen molar-refractivity contribution in [1.29, 1.82) is 0 Å². The zero-order valence-electron chi connectivity index (χ0n) is 14.7. The number of carbonyl (C=O) groups excluding carboxylic acids is 1. The molecule has 4 heteroatoms. The largest absolute Gasteiger partial charge is 0.444 e. The van der Waals surface area contributed by atoms with Crippen molar-refractivity contribution in [2.24, 2.45) is 5.41 Å². The summed E-state index contributed by atoms with van der Waals surface area (Å²) in [7, 11) is 0. The van der Waals surface area contributed by atoms with Crippen molar-refractivity contribution in [3.05, 3.63) is 0 Å². The second kappa shape index (κ2) is 7.48. The van der Waals surface area contributed by atoms with Crippen LogP contribution in [0.15, 0.2) is 0 Å². The van der Waals surface area contributed by atoms with Crippen LogP contribution in [0.5, 0.6) is 0 Å². The maximum atomic E-state index is 11.7. The molecule has 0 radical (unpaired) electrons. The van der Waals surface area contributed by atoms with Gasteiger partial charge in [0.05, 0.1) is 0 Å². The van der Waals surface area contributed by atoms with Gasteiger partial charge in [0, 0.05) is 18.6 Å². The second-order valence-electron chi connectivity index (χ2n) is 8.11. The highest BCUT2D eigenvalue weighted by Gasteiger charge is 2.29. The van der Waals surface area contributed by atoms with Crippen LogP contribution in [-0.4, -0.2) is 30.3 Å². The van der Waals surface area contributed by atoms with E-state index in [-0.39, 0.29) is 6.09 Å². The zero-order valence-corrected chi connectivity index (χ0v) is 14.7. The summed E-state index contributed by atoms with van der Waals surface area (Å²) in [6, 6.07) is 0.885. The SMILES string of the molecule is CCC(CNC(=O)OC(C)(C)C)NC1CCCC(C)(C)C1. The summed E-state index contributed by atoms with van der Waals surface area (Å²) in [6.07, 6.45) is 5.75. The molecule has 4 nitrogen and oxygen atoms in total. The third-order valence-electron chi connectivity index (χ3n) is 4.06. The van der Waals surface area contributed by atoms with Crippen LogP contribution in [0.3, 0.4) is 0 Å². The van der Waals surface area contributed by atoms with Crippen molar-refractivity contribution >= 4 is 6.09 Å². The molecular weight excluding hydrogens is 264 g/mol. The number of ether oxygens (including phenoxy) is 1. The van der Waals surface area contributed by atoms with Gasteiger partial charge in [0.15, 0.2) is 0 Å². The maximum absolute atomic E-state index is 11.7. The molecule has 1 fully saturated rings. The monoisotopic (exact) mass is 298 g/mol. The maximum Gasteiger partial charge on any atom is 0.407 e. The van der Waals surface area contributed by atoms with E-state index < -0.39 is 5.60 Å². The van der Waals surface area contributed by atoms with Crippen molar-refractivity contribution in [3.63, 3.8) is 0 Å². The molecule has 0 aliphatic heterocycles. The summed E-state index contributed by atoms with van der Waals surface area (Å²) in [5.41, 5.74) is -0.000576. The van der Waals surface area contributed by atoms with Crippen molar-refractivity contribution in [3.8, 4) is 0 Å². The second-order valence-corrected chi connectivity index (χ2v) is 8.11. The van der Waals surface area contributed by atoms with Gasteiger partial charge in [-0.1, -0.05) is 27.2 Å². The molecule has 2 N–H and O–H groups in total. The number of hydrogen-bond donors (Lipinski definition) is 2. The van der Waals surface area contributed by atoms with Gasteiger partial charge in [-0.25, -0.2) is 4.79 Å². The van der Waals surface area contributed by atoms with Gasteiger partial charge in [-0.2, -0.15) is 0 Å². The lowest BCUT2D eigenvalue weighted by atomic mass is 9.75. The summed E-state index contributed by atoms with van der Waals surface area (Å²) >= 11 is 0. The highest BCUT2D eigenvalue weighted by Crippen LogP contribution is 2.35. The van der Waals surface area contributed by atoms with Crippen LogP contribution in [0.2, 0.25) is 0 Å². The number of carbonyl (C=O) groups is 1. The smallest absolute Gasteiger partial charge is 0.407 e. The molecule has 0 spiro atoms. The lowest BCUT2D eigenvalue weighted by molar-refractivity contribution is 0.0519. The van der Waals surface area contributed by atoms with Crippen molar-refractivity contribution < 1.29 is 9.53 Å². The molecule has 1 rings (SSSR count). The van der Waals surface area contributed by atoms with Crippen LogP contribution in [0.4, 0.5) is 4.79 Å². The van der Waals surface area contributed by atoms with E-state index in [4.69, 9.17) is 4.74 Å². The molecule has 0 heterocycles. The van der Waals surface area contributed by atoms with E-state index in [0.717, 1.165) is 6.42 Å². The lowest BCUT2D eigenvalue weighted by Crippen LogP contribution is -2.48. The molecule has 1 saturated carbocycles. The molecule has 21 heavy (non-hydrogen) atoms. The Kier molecular flexibility index (Phi) is 6.51. The molecule has 1 amide bonds. The van der Waals surface area contributed by atoms with E-state index in [1.54, 1.807) is 0 Å². The van der Waals surface area contributed by atoms with Gasteiger partial charge >= 0.3 is 6.09 Å². The van der Waals surface area contributed by atoms with Crippen LogP contribution in [0.25, 0.3) is 0 Å². The average molecular weight is 298 g/mol. The Morgan fingerprint density at radius 1 is 1.38 bits per heavy atom. The Hall–Kier alpha value is -0.770. The minimum absolute atomic E-state index is 0.316. The van der Waals surface area contributed by atoms with Crippen LogP contribution in [-0.2, 0) is 4.74 Å². The number of hydrogen-bond acceptors (Lipinski definition) is 3. The van der Waals surface area contributed by atoms with Crippen LogP contribution in [0.1, 0.15) is 73.6 Å². The molecule has 1 aliphatic rings. The van der Waals surface area contributed by atoms with Crippen LogP contribution >= 0.6 is 0 Å². The van der Waals surface area contributed by atoms with E-state index in [0.29, 0.717) is 24.0 Å². The quantitative estimate of drug-likeness (QED) is 0.810.